The summed E-state index contributed by atoms with van der Waals surface area (Å²) >= 11 is 4.53. The smallest absolute Gasteiger partial charge is 0.260 e. The number of carbonyl (C=O) groups is 1. The van der Waals surface area contributed by atoms with Crippen LogP contribution in [0.2, 0.25) is 0 Å². The Labute approximate surface area is 133 Å². The van der Waals surface area contributed by atoms with E-state index in [9.17, 15) is 9.18 Å². The molecule has 0 unspecified atom stereocenters. The molecule has 0 aliphatic rings. The summed E-state index contributed by atoms with van der Waals surface area (Å²) in [6, 6.07) is 10.2. The van der Waals surface area contributed by atoms with Crippen LogP contribution in [0.5, 0.6) is 0 Å². The van der Waals surface area contributed by atoms with Crippen molar-refractivity contribution in [3.05, 3.63) is 57.8 Å². The van der Waals surface area contributed by atoms with E-state index < -0.39 is 11.7 Å². The standard InChI is InChI=1S/C15H10BrFN2OS/c1-8-2-5-12-13(6-8)21-15(18-12)19-14(20)10-4-3-9(16)7-11(10)17/h2-7H,1H3,(H,18,19,20). The molecule has 0 atom stereocenters. The Morgan fingerprint density at radius 2 is 2.10 bits per heavy atom. The van der Waals surface area contributed by atoms with E-state index in [1.807, 2.05) is 25.1 Å². The molecule has 1 aromatic heterocycles. The van der Waals surface area contributed by atoms with Gasteiger partial charge in [0.1, 0.15) is 5.82 Å². The average molecular weight is 365 g/mol. The summed E-state index contributed by atoms with van der Waals surface area (Å²) in [7, 11) is 0. The number of aromatic nitrogens is 1. The second-order valence-electron chi connectivity index (χ2n) is 4.57. The summed E-state index contributed by atoms with van der Waals surface area (Å²) in [6.07, 6.45) is 0. The quantitative estimate of drug-likeness (QED) is 0.712. The molecular weight excluding hydrogens is 355 g/mol. The van der Waals surface area contributed by atoms with Gasteiger partial charge >= 0.3 is 0 Å². The molecule has 0 aliphatic carbocycles. The van der Waals surface area contributed by atoms with E-state index >= 15 is 0 Å². The van der Waals surface area contributed by atoms with Crippen LogP contribution in [0.15, 0.2) is 40.9 Å². The van der Waals surface area contributed by atoms with Crippen molar-refractivity contribution < 1.29 is 9.18 Å². The van der Waals surface area contributed by atoms with Gasteiger partial charge in [0.2, 0.25) is 0 Å². The zero-order valence-corrected chi connectivity index (χ0v) is 13.4. The predicted octanol–water partition coefficient (Wildman–Crippen LogP) is 4.76. The van der Waals surface area contributed by atoms with E-state index in [4.69, 9.17) is 0 Å². The monoisotopic (exact) mass is 364 g/mol. The van der Waals surface area contributed by atoms with Crippen molar-refractivity contribution in [1.82, 2.24) is 4.98 Å². The number of thiazole rings is 1. The van der Waals surface area contributed by atoms with Gasteiger partial charge in [0.25, 0.3) is 5.91 Å². The van der Waals surface area contributed by atoms with Crippen LogP contribution in [0.1, 0.15) is 15.9 Å². The van der Waals surface area contributed by atoms with Crippen LogP contribution in [0.3, 0.4) is 0 Å². The molecule has 3 rings (SSSR count). The maximum absolute atomic E-state index is 13.8. The molecule has 3 aromatic rings. The number of hydrogen-bond donors (Lipinski definition) is 1. The molecule has 3 nitrogen and oxygen atoms in total. The summed E-state index contributed by atoms with van der Waals surface area (Å²) in [6.45, 7) is 1.99. The molecule has 1 amide bonds. The van der Waals surface area contributed by atoms with Gasteiger partial charge in [-0.1, -0.05) is 33.3 Å². The fourth-order valence-electron chi connectivity index (χ4n) is 1.92. The van der Waals surface area contributed by atoms with Gasteiger partial charge in [-0.05, 0) is 42.8 Å². The number of hydrogen-bond acceptors (Lipinski definition) is 3. The zero-order chi connectivity index (χ0) is 15.0. The van der Waals surface area contributed by atoms with Gasteiger partial charge in [0, 0.05) is 4.47 Å². The summed E-state index contributed by atoms with van der Waals surface area (Å²) in [5.41, 5.74) is 1.94. The molecule has 0 fully saturated rings. The van der Waals surface area contributed by atoms with Crippen LogP contribution in [0.25, 0.3) is 10.2 Å². The van der Waals surface area contributed by atoms with E-state index in [0.29, 0.717) is 9.60 Å². The number of carbonyl (C=O) groups excluding carboxylic acids is 1. The van der Waals surface area contributed by atoms with Crippen LogP contribution >= 0.6 is 27.3 Å². The minimum Gasteiger partial charge on any atom is -0.298 e. The van der Waals surface area contributed by atoms with Crippen LogP contribution in [0, 0.1) is 12.7 Å². The van der Waals surface area contributed by atoms with Gasteiger partial charge in [-0.2, -0.15) is 0 Å². The summed E-state index contributed by atoms with van der Waals surface area (Å²) in [4.78, 5) is 16.4. The Bertz CT molecular complexity index is 847. The van der Waals surface area contributed by atoms with Crippen molar-refractivity contribution >= 4 is 48.5 Å². The summed E-state index contributed by atoms with van der Waals surface area (Å²) < 4.78 is 15.3. The molecule has 0 bridgehead atoms. The largest absolute Gasteiger partial charge is 0.298 e. The molecule has 1 heterocycles. The molecule has 0 radical (unpaired) electrons. The molecule has 0 saturated carbocycles. The molecule has 106 valence electrons. The fraction of sp³-hybridized carbons (Fsp3) is 0.0667. The van der Waals surface area contributed by atoms with E-state index in [2.05, 4.69) is 26.2 Å². The highest BCUT2D eigenvalue weighted by Crippen LogP contribution is 2.27. The molecular formula is C15H10BrFN2OS. The highest BCUT2D eigenvalue weighted by atomic mass is 79.9. The number of nitrogens with zero attached hydrogens (tertiary/aromatic N) is 1. The summed E-state index contributed by atoms with van der Waals surface area (Å²) in [5, 5.41) is 3.10. The van der Waals surface area contributed by atoms with Gasteiger partial charge < -0.3 is 0 Å². The van der Waals surface area contributed by atoms with Crippen molar-refractivity contribution in [3.63, 3.8) is 0 Å². The Morgan fingerprint density at radius 3 is 2.86 bits per heavy atom. The first-order chi connectivity index (χ1) is 10.0. The third kappa shape index (κ3) is 2.96. The van der Waals surface area contributed by atoms with Gasteiger partial charge in [0.15, 0.2) is 5.13 Å². The molecule has 6 heteroatoms. The minimum atomic E-state index is -0.571. The molecule has 1 N–H and O–H groups in total. The number of anilines is 1. The number of rotatable bonds is 2. The van der Waals surface area contributed by atoms with Crippen molar-refractivity contribution in [2.45, 2.75) is 6.92 Å². The number of amides is 1. The highest BCUT2D eigenvalue weighted by molar-refractivity contribution is 9.10. The van der Waals surface area contributed by atoms with E-state index in [-0.39, 0.29) is 5.56 Å². The first kappa shape index (κ1) is 14.2. The Kier molecular flexibility index (Phi) is 3.73. The average Bonchev–Trinajstić information content (AvgIpc) is 2.79. The SMILES string of the molecule is Cc1ccc2nc(NC(=O)c3ccc(Br)cc3F)sc2c1. The second-order valence-corrected chi connectivity index (χ2v) is 6.51. The molecule has 2 aromatic carbocycles. The maximum atomic E-state index is 13.8. The number of aryl methyl sites for hydroxylation is 1. The van der Waals surface area contributed by atoms with E-state index in [1.54, 1.807) is 6.07 Å². The van der Waals surface area contributed by atoms with Crippen molar-refractivity contribution in [2.24, 2.45) is 0 Å². The number of halogens is 2. The Balaban J connectivity index is 1.89. The van der Waals surface area contributed by atoms with Gasteiger partial charge in [-0.25, -0.2) is 9.37 Å². The third-order valence-corrected chi connectivity index (χ3v) is 4.37. The minimum absolute atomic E-state index is 0.00589. The summed E-state index contributed by atoms with van der Waals surface area (Å²) in [5.74, 6) is -1.07. The first-order valence-electron chi connectivity index (χ1n) is 6.16. The van der Waals surface area contributed by atoms with Crippen LogP contribution in [-0.2, 0) is 0 Å². The molecule has 0 saturated heterocycles. The normalized spacial score (nSPS) is 10.8. The lowest BCUT2D eigenvalue weighted by atomic mass is 10.2. The van der Waals surface area contributed by atoms with Crippen molar-refractivity contribution in [3.8, 4) is 0 Å². The fourth-order valence-corrected chi connectivity index (χ4v) is 3.22. The third-order valence-electron chi connectivity index (χ3n) is 2.94. The molecule has 0 aliphatic heterocycles. The van der Waals surface area contributed by atoms with Crippen molar-refractivity contribution in [2.75, 3.05) is 5.32 Å². The van der Waals surface area contributed by atoms with E-state index in [0.717, 1.165) is 15.8 Å². The van der Waals surface area contributed by atoms with Crippen LogP contribution in [-0.4, -0.2) is 10.9 Å². The second kappa shape index (κ2) is 5.54. The first-order valence-corrected chi connectivity index (χ1v) is 7.77. The van der Waals surface area contributed by atoms with Gasteiger partial charge in [-0.15, -0.1) is 0 Å². The predicted molar refractivity (Wildman–Crippen MR) is 86.4 cm³/mol. The van der Waals surface area contributed by atoms with Gasteiger partial charge in [0.05, 0.1) is 15.8 Å². The Hall–Kier alpha value is -1.79. The highest BCUT2D eigenvalue weighted by Gasteiger charge is 2.14. The number of nitrogens with one attached hydrogen (secondary N) is 1. The maximum Gasteiger partial charge on any atom is 0.260 e. The lowest BCUT2D eigenvalue weighted by Gasteiger charge is -2.03. The lowest BCUT2D eigenvalue weighted by molar-refractivity contribution is 0.102. The topological polar surface area (TPSA) is 42.0 Å². The van der Waals surface area contributed by atoms with Crippen LogP contribution in [0.4, 0.5) is 9.52 Å². The zero-order valence-electron chi connectivity index (χ0n) is 11.0. The lowest BCUT2D eigenvalue weighted by Crippen LogP contribution is -2.13. The van der Waals surface area contributed by atoms with E-state index in [1.165, 1.54) is 23.5 Å². The molecule has 0 spiro atoms. The molecule has 21 heavy (non-hydrogen) atoms. The Morgan fingerprint density at radius 1 is 1.29 bits per heavy atom. The number of fused-ring (bicyclic) bond motifs is 1. The number of benzene rings is 2. The van der Waals surface area contributed by atoms with Crippen LogP contribution < -0.4 is 5.32 Å². The van der Waals surface area contributed by atoms with Crippen molar-refractivity contribution in [1.29, 1.82) is 0 Å². The van der Waals surface area contributed by atoms with Gasteiger partial charge in [-0.3, -0.25) is 10.1 Å².